The van der Waals surface area contributed by atoms with E-state index in [1.165, 1.54) is 13.8 Å². The molecule has 8 nitrogen and oxygen atoms in total. The highest BCUT2D eigenvalue weighted by Gasteiger charge is 2.79. The lowest BCUT2D eigenvalue weighted by atomic mass is 9.75. The number of nitrogens with zero attached hydrogens (tertiary/aromatic N) is 1. The number of carboxylic acids is 1. The molecule has 0 spiro atoms. The first kappa shape index (κ1) is 19.3. The fourth-order valence-corrected chi connectivity index (χ4v) is 6.62. The summed E-state index contributed by atoms with van der Waals surface area (Å²) in [5.41, 5.74) is -1.33. The van der Waals surface area contributed by atoms with Gasteiger partial charge in [-0.25, -0.2) is 13.2 Å². The normalized spacial score (nSPS) is 30.3. The molecular weight excluding hydrogens is 374 g/mol. The molecule has 3 atom stereocenters. The quantitative estimate of drug-likeness (QED) is 0.573. The summed E-state index contributed by atoms with van der Waals surface area (Å²) in [6, 6.07) is 8.60. The van der Waals surface area contributed by atoms with Gasteiger partial charge in [0.15, 0.2) is 20.8 Å². The number of aliphatic carboxylic acids is 1. The van der Waals surface area contributed by atoms with Crippen molar-refractivity contribution in [3.8, 4) is 0 Å². The number of carbonyl (C=O) groups excluding carboxylic acids is 2. The number of fused-ring (bicyclic) bond motifs is 1. The van der Waals surface area contributed by atoms with E-state index in [9.17, 15) is 27.9 Å². The van der Waals surface area contributed by atoms with Crippen molar-refractivity contribution in [2.24, 2.45) is 5.92 Å². The molecule has 0 unspecified atom stereocenters. The van der Waals surface area contributed by atoms with Crippen molar-refractivity contribution in [3.05, 3.63) is 35.9 Å². The molecule has 2 aliphatic rings. The predicted molar refractivity (Wildman–Crippen MR) is 94.3 cm³/mol. The zero-order valence-corrected chi connectivity index (χ0v) is 16.0. The summed E-state index contributed by atoms with van der Waals surface area (Å²) in [7, 11) is -4.04. The third-order valence-electron chi connectivity index (χ3n) is 5.71. The number of hydrogen-bond acceptors (Lipinski definition) is 6. The van der Waals surface area contributed by atoms with Crippen molar-refractivity contribution < 1.29 is 32.6 Å². The number of benzene rings is 1. The molecule has 2 saturated heterocycles. The minimum absolute atomic E-state index is 0.141. The van der Waals surface area contributed by atoms with Gasteiger partial charge in [-0.15, -0.1) is 0 Å². The summed E-state index contributed by atoms with van der Waals surface area (Å²) < 4.78 is 29.5. The Labute approximate surface area is 157 Å². The molecule has 146 valence electrons. The zero-order valence-electron chi connectivity index (χ0n) is 15.2. The van der Waals surface area contributed by atoms with E-state index in [0.29, 0.717) is 5.56 Å². The highest BCUT2D eigenvalue weighted by atomic mass is 32.2. The van der Waals surface area contributed by atoms with Crippen LogP contribution in [-0.4, -0.2) is 58.5 Å². The van der Waals surface area contributed by atoms with E-state index in [2.05, 4.69) is 0 Å². The maximum Gasteiger partial charge on any atom is 0.331 e. The van der Waals surface area contributed by atoms with Crippen molar-refractivity contribution in [2.45, 2.75) is 42.9 Å². The molecule has 0 saturated carbocycles. The molecule has 9 heteroatoms. The van der Waals surface area contributed by atoms with Gasteiger partial charge in [0.1, 0.15) is 17.3 Å². The topological polar surface area (TPSA) is 118 Å². The molecule has 1 amide bonds. The van der Waals surface area contributed by atoms with E-state index in [1.54, 1.807) is 30.3 Å². The summed E-state index contributed by atoms with van der Waals surface area (Å²) in [6.45, 7) is 3.46. The lowest BCUT2D eigenvalue weighted by Gasteiger charge is -2.48. The summed E-state index contributed by atoms with van der Waals surface area (Å²) in [6.07, 6.45) is -0.141. The SMILES string of the molecule is CC(=O)OC[C@@H]1C(=O)N2[C@@H]1S(=O)(=O)C(C)(C)[C@]2(Cc1ccccc1)C(=O)O. The maximum atomic E-state index is 13.2. The standard InChI is InChI=1S/C18H21NO7S/c1-11(20)26-10-13-14(21)19-15(13)27(24,25)17(2,3)18(19,16(22)23)9-12-7-5-4-6-8-12/h4-8,13,15H,9-10H2,1-3H3,(H,22,23)/t13-,15-,18+/m1/s1. The molecule has 27 heavy (non-hydrogen) atoms. The highest BCUT2D eigenvalue weighted by Crippen LogP contribution is 2.55. The Morgan fingerprint density at radius 2 is 1.81 bits per heavy atom. The number of rotatable bonds is 5. The lowest BCUT2D eigenvalue weighted by molar-refractivity contribution is -0.178. The van der Waals surface area contributed by atoms with E-state index >= 15 is 0 Å². The Balaban J connectivity index is 2.11. The van der Waals surface area contributed by atoms with Gasteiger partial charge in [-0.2, -0.15) is 0 Å². The summed E-state index contributed by atoms with van der Waals surface area (Å²) in [5.74, 6) is -3.73. The number of β-lactam (4-membered cyclic amide) rings is 1. The molecule has 0 aromatic heterocycles. The number of esters is 1. The van der Waals surface area contributed by atoms with E-state index in [4.69, 9.17) is 4.74 Å². The van der Waals surface area contributed by atoms with Crippen LogP contribution in [0, 0.1) is 5.92 Å². The van der Waals surface area contributed by atoms with Crippen LogP contribution in [0.5, 0.6) is 0 Å². The molecule has 0 radical (unpaired) electrons. The molecule has 2 aliphatic heterocycles. The van der Waals surface area contributed by atoms with Crippen LogP contribution in [0.3, 0.4) is 0 Å². The average molecular weight is 395 g/mol. The van der Waals surface area contributed by atoms with Gasteiger partial charge in [0, 0.05) is 13.3 Å². The smallest absolute Gasteiger partial charge is 0.331 e. The molecular formula is C18H21NO7S. The monoisotopic (exact) mass is 395 g/mol. The van der Waals surface area contributed by atoms with Crippen LogP contribution in [0.1, 0.15) is 26.3 Å². The van der Waals surface area contributed by atoms with Crippen LogP contribution >= 0.6 is 0 Å². The number of ether oxygens (including phenoxy) is 1. The molecule has 3 rings (SSSR count). The van der Waals surface area contributed by atoms with Crippen molar-refractivity contribution >= 4 is 27.7 Å². The third kappa shape index (κ3) is 2.40. The molecule has 0 bridgehead atoms. The first-order valence-electron chi connectivity index (χ1n) is 8.46. The largest absolute Gasteiger partial charge is 0.479 e. The third-order valence-corrected chi connectivity index (χ3v) is 8.65. The average Bonchev–Trinajstić information content (AvgIpc) is 2.69. The van der Waals surface area contributed by atoms with Crippen LogP contribution in [0.25, 0.3) is 0 Å². The van der Waals surface area contributed by atoms with Gasteiger partial charge in [-0.1, -0.05) is 30.3 Å². The molecule has 1 N–H and O–H groups in total. The van der Waals surface area contributed by atoms with Crippen LogP contribution in [-0.2, 0) is 35.4 Å². The first-order valence-corrected chi connectivity index (χ1v) is 10.0. The van der Waals surface area contributed by atoms with Gasteiger partial charge in [0.2, 0.25) is 5.91 Å². The van der Waals surface area contributed by atoms with Crippen molar-refractivity contribution in [2.75, 3.05) is 6.61 Å². The van der Waals surface area contributed by atoms with Crippen molar-refractivity contribution in [1.29, 1.82) is 0 Å². The van der Waals surface area contributed by atoms with Gasteiger partial charge in [0.25, 0.3) is 0 Å². The molecule has 2 heterocycles. The van der Waals surface area contributed by atoms with Gasteiger partial charge >= 0.3 is 11.9 Å². The van der Waals surface area contributed by atoms with E-state index in [-0.39, 0.29) is 13.0 Å². The number of amides is 1. The van der Waals surface area contributed by atoms with Crippen molar-refractivity contribution in [1.82, 2.24) is 4.90 Å². The lowest BCUT2D eigenvalue weighted by Crippen LogP contribution is -2.72. The number of hydrogen-bond donors (Lipinski definition) is 1. The van der Waals surface area contributed by atoms with E-state index in [1.807, 2.05) is 0 Å². The second kappa shape index (κ2) is 6.05. The summed E-state index contributed by atoms with van der Waals surface area (Å²) >= 11 is 0. The van der Waals surface area contributed by atoms with Crippen LogP contribution in [0.15, 0.2) is 30.3 Å². The Kier molecular flexibility index (Phi) is 4.33. The molecule has 1 aromatic rings. The fourth-order valence-electron chi connectivity index (χ4n) is 4.10. The fraction of sp³-hybridized carbons (Fsp3) is 0.500. The van der Waals surface area contributed by atoms with Crippen LogP contribution < -0.4 is 0 Å². The van der Waals surface area contributed by atoms with Gasteiger partial charge in [0.05, 0.1) is 0 Å². The van der Waals surface area contributed by atoms with E-state index in [0.717, 1.165) is 11.8 Å². The first-order chi connectivity index (χ1) is 12.5. The highest BCUT2D eigenvalue weighted by molar-refractivity contribution is 7.94. The molecule has 1 aromatic carbocycles. The zero-order chi connectivity index (χ0) is 20.2. The number of carbonyl (C=O) groups is 3. The Morgan fingerprint density at radius 1 is 1.22 bits per heavy atom. The predicted octanol–water partition coefficient (Wildman–Crippen LogP) is 0.607. The Hall–Kier alpha value is -2.42. The minimum Gasteiger partial charge on any atom is -0.479 e. The second-order valence-electron chi connectivity index (χ2n) is 7.39. The number of sulfone groups is 1. The summed E-state index contributed by atoms with van der Waals surface area (Å²) in [4.78, 5) is 37.2. The van der Waals surface area contributed by atoms with E-state index < -0.39 is 49.3 Å². The second-order valence-corrected chi connectivity index (χ2v) is 9.98. The van der Waals surface area contributed by atoms with Crippen LogP contribution in [0.4, 0.5) is 0 Å². The van der Waals surface area contributed by atoms with Crippen molar-refractivity contribution in [3.63, 3.8) is 0 Å². The number of carboxylic acid groups (broad SMARTS) is 1. The Morgan fingerprint density at radius 3 is 2.33 bits per heavy atom. The maximum absolute atomic E-state index is 13.2. The van der Waals surface area contributed by atoms with Gasteiger partial charge in [-0.05, 0) is 19.4 Å². The van der Waals surface area contributed by atoms with Crippen LogP contribution in [0.2, 0.25) is 0 Å². The molecule has 0 aliphatic carbocycles. The van der Waals surface area contributed by atoms with Gasteiger partial charge in [-0.3, -0.25) is 9.59 Å². The van der Waals surface area contributed by atoms with Gasteiger partial charge < -0.3 is 14.7 Å². The summed E-state index contributed by atoms with van der Waals surface area (Å²) in [5, 5.41) is 8.77. The Bertz CT molecular complexity index is 909. The minimum atomic E-state index is -4.04. The molecule has 2 fully saturated rings.